The number of rotatable bonds is 4. The molecule has 5 nitrogen and oxygen atoms in total. The maximum absolute atomic E-state index is 11.5. The summed E-state index contributed by atoms with van der Waals surface area (Å²) in [6, 6.07) is -0.550. The molecule has 1 amide bonds. The quantitative estimate of drug-likeness (QED) is 0.725. The van der Waals surface area contributed by atoms with Crippen molar-refractivity contribution in [1.82, 2.24) is 10.2 Å². The Morgan fingerprint density at radius 1 is 1.41 bits per heavy atom. The molecule has 98 valence electrons. The number of carbonyl (C=O) groups excluding carboxylic acids is 2. The first kappa shape index (κ1) is 14.0. The fourth-order valence-electron chi connectivity index (χ4n) is 2.07. The number of methoxy groups -OCH3 is 1. The van der Waals surface area contributed by atoms with Crippen LogP contribution in [0.1, 0.15) is 26.7 Å². The molecule has 0 radical (unpaired) electrons. The number of hydrogen-bond donors (Lipinski definition) is 1. The van der Waals surface area contributed by atoms with Gasteiger partial charge in [-0.25, -0.2) is 4.79 Å². The first-order chi connectivity index (χ1) is 8.02. The summed E-state index contributed by atoms with van der Waals surface area (Å²) in [5.41, 5.74) is 0. The highest BCUT2D eigenvalue weighted by atomic mass is 16.5. The molecule has 0 spiro atoms. The first-order valence-corrected chi connectivity index (χ1v) is 6.10. The third kappa shape index (κ3) is 4.73. The summed E-state index contributed by atoms with van der Waals surface area (Å²) in [6.45, 7) is 6.15. The molecule has 1 rings (SSSR count). The fraction of sp³-hybridized carbons (Fsp3) is 0.833. The van der Waals surface area contributed by atoms with Gasteiger partial charge in [0.25, 0.3) is 0 Å². The van der Waals surface area contributed by atoms with Crippen LogP contribution in [-0.2, 0) is 14.3 Å². The minimum Gasteiger partial charge on any atom is -0.467 e. The standard InChI is InChI=1S/C12H22N2O3/c1-9-4-6-14(7-5-9)8-11(12(16)17-3)13-10(2)15/h9,11H,4-8H2,1-3H3,(H,13,15). The molecule has 0 aromatic rings. The molecule has 0 aromatic heterocycles. The van der Waals surface area contributed by atoms with Crippen LogP contribution in [0.3, 0.4) is 0 Å². The normalized spacial score (nSPS) is 19.7. The van der Waals surface area contributed by atoms with E-state index < -0.39 is 6.04 Å². The minimum absolute atomic E-state index is 0.203. The second kappa shape index (κ2) is 6.59. The van der Waals surface area contributed by atoms with Crippen LogP contribution in [0.15, 0.2) is 0 Å². The van der Waals surface area contributed by atoms with Gasteiger partial charge >= 0.3 is 5.97 Å². The molecule has 1 fully saturated rings. The number of piperidine rings is 1. The van der Waals surface area contributed by atoms with Gasteiger partial charge in [0.05, 0.1) is 7.11 Å². The summed E-state index contributed by atoms with van der Waals surface area (Å²) in [6.07, 6.45) is 2.29. The Kier molecular flexibility index (Phi) is 5.41. The molecule has 1 saturated heterocycles. The molecule has 0 bridgehead atoms. The summed E-state index contributed by atoms with van der Waals surface area (Å²) < 4.78 is 4.70. The van der Waals surface area contributed by atoms with Gasteiger partial charge in [-0.1, -0.05) is 6.92 Å². The van der Waals surface area contributed by atoms with Crippen molar-refractivity contribution in [3.8, 4) is 0 Å². The van der Waals surface area contributed by atoms with Gasteiger partial charge in [-0.05, 0) is 31.8 Å². The van der Waals surface area contributed by atoms with Gasteiger partial charge in [-0.3, -0.25) is 4.79 Å². The molecular formula is C12H22N2O3. The van der Waals surface area contributed by atoms with Crippen molar-refractivity contribution in [3.05, 3.63) is 0 Å². The molecule has 0 aromatic carbocycles. The van der Waals surface area contributed by atoms with E-state index in [1.54, 1.807) is 0 Å². The van der Waals surface area contributed by atoms with Crippen molar-refractivity contribution in [2.24, 2.45) is 5.92 Å². The van der Waals surface area contributed by atoms with E-state index in [1.807, 2.05) is 0 Å². The van der Waals surface area contributed by atoms with Crippen molar-refractivity contribution in [1.29, 1.82) is 0 Å². The molecule has 17 heavy (non-hydrogen) atoms. The number of carbonyl (C=O) groups is 2. The van der Waals surface area contributed by atoms with Crippen LogP contribution >= 0.6 is 0 Å². The number of ether oxygens (including phenoxy) is 1. The van der Waals surface area contributed by atoms with Crippen molar-refractivity contribution in [3.63, 3.8) is 0 Å². The molecule has 1 heterocycles. The summed E-state index contributed by atoms with van der Waals surface area (Å²) in [4.78, 5) is 24.8. The second-order valence-corrected chi connectivity index (χ2v) is 4.76. The lowest BCUT2D eigenvalue weighted by atomic mass is 9.99. The third-order valence-electron chi connectivity index (χ3n) is 3.18. The second-order valence-electron chi connectivity index (χ2n) is 4.76. The molecule has 1 N–H and O–H groups in total. The van der Waals surface area contributed by atoms with Crippen molar-refractivity contribution in [2.45, 2.75) is 32.7 Å². The number of esters is 1. The minimum atomic E-state index is -0.550. The lowest BCUT2D eigenvalue weighted by Gasteiger charge is -2.32. The van der Waals surface area contributed by atoms with E-state index in [9.17, 15) is 9.59 Å². The Bertz CT molecular complexity index is 273. The molecule has 1 aliphatic rings. The third-order valence-corrected chi connectivity index (χ3v) is 3.18. The average Bonchev–Trinajstić information content (AvgIpc) is 2.29. The highest BCUT2D eigenvalue weighted by molar-refractivity contribution is 5.83. The number of amides is 1. The van der Waals surface area contributed by atoms with E-state index in [-0.39, 0.29) is 11.9 Å². The summed E-state index contributed by atoms with van der Waals surface area (Å²) in [5.74, 6) is 0.174. The molecule has 1 unspecified atom stereocenters. The molecule has 1 aliphatic heterocycles. The molecule has 5 heteroatoms. The fourth-order valence-corrected chi connectivity index (χ4v) is 2.07. The van der Waals surface area contributed by atoms with E-state index in [2.05, 4.69) is 17.1 Å². The van der Waals surface area contributed by atoms with E-state index in [0.717, 1.165) is 31.8 Å². The largest absolute Gasteiger partial charge is 0.467 e. The van der Waals surface area contributed by atoms with Gasteiger partial charge in [0.2, 0.25) is 5.91 Å². The van der Waals surface area contributed by atoms with Crippen molar-refractivity contribution < 1.29 is 14.3 Å². The average molecular weight is 242 g/mol. The van der Waals surface area contributed by atoms with E-state index >= 15 is 0 Å². The van der Waals surface area contributed by atoms with Gasteiger partial charge in [-0.2, -0.15) is 0 Å². The highest BCUT2D eigenvalue weighted by Crippen LogP contribution is 2.16. The number of nitrogens with zero attached hydrogens (tertiary/aromatic N) is 1. The van der Waals surface area contributed by atoms with Crippen LogP contribution in [-0.4, -0.2) is 49.6 Å². The van der Waals surface area contributed by atoms with Gasteiger partial charge in [0, 0.05) is 13.5 Å². The Morgan fingerprint density at radius 3 is 2.47 bits per heavy atom. The predicted molar refractivity (Wildman–Crippen MR) is 64.5 cm³/mol. The zero-order valence-electron chi connectivity index (χ0n) is 10.9. The predicted octanol–water partition coefficient (Wildman–Crippen LogP) is 0.396. The molecule has 0 aliphatic carbocycles. The van der Waals surface area contributed by atoms with Crippen LogP contribution in [0, 0.1) is 5.92 Å². The van der Waals surface area contributed by atoms with Gasteiger partial charge in [0.1, 0.15) is 6.04 Å². The molecule has 0 saturated carbocycles. The smallest absolute Gasteiger partial charge is 0.329 e. The first-order valence-electron chi connectivity index (χ1n) is 6.10. The number of hydrogen-bond acceptors (Lipinski definition) is 4. The van der Waals surface area contributed by atoms with Crippen molar-refractivity contribution >= 4 is 11.9 Å². The van der Waals surface area contributed by atoms with Gasteiger partial charge in [0.15, 0.2) is 0 Å². The SMILES string of the molecule is COC(=O)C(CN1CCC(C)CC1)NC(C)=O. The van der Waals surface area contributed by atoms with Crippen LogP contribution < -0.4 is 5.32 Å². The van der Waals surface area contributed by atoms with E-state index in [1.165, 1.54) is 14.0 Å². The summed E-state index contributed by atoms with van der Waals surface area (Å²) >= 11 is 0. The lowest BCUT2D eigenvalue weighted by molar-refractivity contribution is -0.145. The number of nitrogens with one attached hydrogen (secondary N) is 1. The van der Waals surface area contributed by atoms with Crippen LogP contribution in [0.2, 0.25) is 0 Å². The Labute approximate surface area is 102 Å². The zero-order valence-corrected chi connectivity index (χ0v) is 10.9. The van der Waals surface area contributed by atoms with Crippen LogP contribution in [0.25, 0.3) is 0 Å². The van der Waals surface area contributed by atoms with Gasteiger partial charge < -0.3 is 15.0 Å². The van der Waals surface area contributed by atoms with E-state index in [4.69, 9.17) is 4.74 Å². The Hall–Kier alpha value is -1.10. The maximum Gasteiger partial charge on any atom is 0.329 e. The monoisotopic (exact) mass is 242 g/mol. The van der Waals surface area contributed by atoms with Gasteiger partial charge in [-0.15, -0.1) is 0 Å². The highest BCUT2D eigenvalue weighted by Gasteiger charge is 2.25. The van der Waals surface area contributed by atoms with Crippen LogP contribution in [0.4, 0.5) is 0 Å². The maximum atomic E-state index is 11.5. The lowest BCUT2D eigenvalue weighted by Crippen LogP contribution is -2.49. The summed E-state index contributed by atoms with van der Waals surface area (Å²) in [5, 5.41) is 2.63. The molecular weight excluding hydrogens is 220 g/mol. The van der Waals surface area contributed by atoms with Crippen molar-refractivity contribution in [2.75, 3.05) is 26.7 Å². The topological polar surface area (TPSA) is 58.6 Å². The molecule has 1 atom stereocenters. The van der Waals surface area contributed by atoms with Crippen LogP contribution in [0.5, 0.6) is 0 Å². The summed E-state index contributed by atoms with van der Waals surface area (Å²) in [7, 11) is 1.34. The Morgan fingerprint density at radius 2 is 2.00 bits per heavy atom. The number of likely N-dealkylation sites (tertiary alicyclic amines) is 1. The zero-order chi connectivity index (χ0) is 12.8. The Balaban J connectivity index is 2.47. The van der Waals surface area contributed by atoms with E-state index in [0.29, 0.717) is 6.54 Å².